The van der Waals surface area contributed by atoms with Gasteiger partial charge in [-0.1, -0.05) is 12.1 Å². The summed E-state index contributed by atoms with van der Waals surface area (Å²) >= 11 is 0. The van der Waals surface area contributed by atoms with Gasteiger partial charge < -0.3 is 10.1 Å². The second-order valence-electron chi connectivity index (χ2n) is 5.27. The van der Waals surface area contributed by atoms with E-state index in [1.807, 2.05) is 0 Å². The molecule has 0 amide bonds. The van der Waals surface area contributed by atoms with E-state index >= 15 is 0 Å². The lowest BCUT2D eigenvalue weighted by Crippen LogP contribution is -2.19. The largest absolute Gasteiger partial charge is 0.383 e. The predicted octanol–water partition coefficient (Wildman–Crippen LogP) is 1.77. The van der Waals surface area contributed by atoms with Crippen molar-refractivity contribution >= 4 is 0 Å². The molecule has 5 nitrogen and oxygen atoms in total. The molecule has 0 spiro atoms. The summed E-state index contributed by atoms with van der Waals surface area (Å²) in [7, 11) is 1.71. The molecule has 0 aliphatic heterocycles. The quantitative estimate of drug-likeness (QED) is 0.784. The van der Waals surface area contributed by atoms with Crippen LogP contribution in [0.15, 0.2) is 6.20 Å². The van der Waals surface area contributed by atoms with Crippen molar-refractivity contribution in [2.75, 3.05) is 20.3 Å². The highest BCUT2D eigenvalue weighted by atomic mass is 16.5. The molecule has 0 unspecified atom stereocenters. The van der Waals surface area contributed by atoms with E-state index in [1.165, 1.54) is 25.7 Å². The summed E-state index contributed by atoms with van der Waals surface area (Å²) in [5, 5.41) is 11.8. The topological polar surface area (TPSA) is 52.0 Å². The predicted molar refractivity (Wildman–Crippen MR) is 70.3 cm³/mol. The SMILES string of the molecule is COCCNCc1cn(C2CCC(C)CC2)nn1. The zero-order valence-corrected chi connectivity index (χ0v) is 11.4. The van der Waals surface area contributed by atoms with Crippen LogP contribution in [-0.2, 0) is 11.3 Å². The molecule has 1 heterocycles. The second kappa shape index (κ2) is 6.85. The summed E-state index contributed by atoms with van der Waals surface area (Å²) < 4.78 is 7.04. The van der Waals surface area contributed by atoms with Crippen molar-refractivity contribution in [1.82, 2.24) is 20.3 Å². The third kappa shape index (κ3) is 3.78. The Hall–Kier alpha value is -0.940. The van der Waals surface area contributed by atoms with Crippen LogP contribution in [0.25, 0.3) is 0 Å². The summed E-state index contributed by atoms with van der Waals surface area (Å²) in [6.45, 7) is 4.69. The fourth-order valence-corrected chi connectivity index (χ4v) is 2.47. The fraction of sp³-hybridized carbons (Fsp3) is 0.846. The Morgan fingerprint density at radius 2 is 2.17 bits per heavy atom. The number of aromatic nitrogens is 3. The smallest absolute Gasteiger partial charge is 0.0964 e. The average molecular weight is 252 g/mol. The van der Waals surface area contributed by atoms with E-state index in [0.717, 1.165) is 31.3 Å². The summed E-state index contributed by atoms with van der Waals surface area (Å²) in [6.07, 6.45) is 7.18. The first kappa shape index (κ1) is 13.5. The fourth-order valence-electron chi connectivity index (χ4n) is 2.47. The van der Waals surface area contributed by atoms with Crippen molar-refractivity contribution in [3.63, 3.8) is 0 Å². The van der Waals surface area contributed by atoms with Gasteiger partial charge in [-0.3, -0.25) is 0 Å². The van der Waals surface area contributed by atoms with E-state index < -0.39 is 0 Å². The van der Waals surface area contributed by atoms with Gasteiger partial charge in [0.05, 0.1) is 24.5 Å². The van der Waals surface area contributed by atoms with E-state index in [-0.39, 0.29) is 0 Å². The third-order valence-electron chi connectivity index (χ3n) is 3.71. The van der Waals surface area contributed by atoms with Gasteiger partial charge in [-0.25, -0.2) is 4.68 Å². The second-order valence-corrected chi connectivity index (χ2v) is 5.27. The minimum Gasteiger partial charge on any atom is -0.383 e. The Labute approximate surface area is 109 Å². The van der Waals surface area contributed by atoms with Gasteiger partial charge in [0.15, 0.2) is 0 Å². The van der Waals surface area contributed by atoms with Crippen LogP contribution in [0.2, 0.25) is 0 Å². The van der Waals surface area contributed by atoms with Gasteiger partial charge in [0.2, 0.25) is 0 Å². The van der Waals surface area contributed by atoms with E-state index in [2.05, 4.69) is 33.4 Å². The summed E-state index contributed by atoms with van der Waals surface area (Å²) in [4.78, 5) is 0. The number of methoxy groups -OCH3 is 1. The van der Waals surface area contributed by atoms with Crippen molar-refractivity contribution in [3.05, 3.63) is 11.9 Å². The third-order valence-corrected chi connectivity index (χ3v) is 3.71. The first-order valence-corrected chi connectivity index (χ1v) is 6.90. The summed E-state index contributed by atoms with van der Waals surface area (Å²) in [6, 6.07) is 0.557. The highest BCUT2D eigenvalue weighted by Crippen LogP contribution is 2.31. The van der Waals surface area contributed by atoms with Crippen molar-refractivity contribution in [2.24, 2.45) is 5.92 Å². The van der Waals surface area contributed by atoms with Gasteiger partial charge in [0.1, 0.15) is 0 Å². The molecule has 2 rings (SSSR count). The van der Waals surface area contributed by atoms with Crippen molar-refractivity contribution in [1.29, 1.82) is 0 Å². The zero-order valence-electron chi connectivity index (χ0n) is 11.4. The lowest BCUT2D eigenvalue weighted by molar-refractivity contribution is 0.199. The Morgan fingerprint density at radius 3 is 2.89 bits per heavy atom. The Morgan fingerprint density at radius 1 is 1.39 bits per heavy atom. The van der Waals surface area contributed by atoms with Gasteiger partial charge in [0.25, 0.3) is 0 Å². The molecule has 0 aromatic carbocycles. The molecule has 1 aromatic heterocycles. The number of ether oxygens (including phenoxy) is 1. The van der Waals surface area contributed by atoms with Crippen molar-refractivity contribution < 1.29 is 4.74 Å². The number of rotatable bonds is 6. The van der Waals surface area contributed by atoms with Crippen molar-refractivity contribution in [3.8, 4) is 0 Å². The molecular formula is C13H24N4O. The summed E-state index contributed by atoms with van der Waals surface area (Å²) in [5.74, 6) is 0.875. The maximum absolute atomic E-state index is 4.99. The van der Waals surface area contributed by atoms with E-state index in [9.17, 15) is 0 Å². The first-order valence-electron chi connectivity index (χ1n) is 6.90. The lowest BCUT2D eigenvalue weighted by atomic mass is 9.87. The molecule has 5 heteroatoms. The van der Waals surface area contributed by atoms with Gasteiger partial charge in [-0.05, 0) is 31.6 Å². The van der Waals surface area contributed by atoms with Gasteiger partial charge >= 0.3 is 0 Å². The van der Waals surface area contributed by atoms with E-state index in [4.69, 9.17) is 4.74 Å². The molecule has 18 heavy (non-hydrogen) atoms. The number of nitrogens with one attached hydrogen (secondary N) is 1. The number of hydrogen-bond acceptors (Lipinski definition) is 4. The zero-order chi connectivity index (χ0) is 12.8. The standard InChI is InChI=1S/C13H24N4O/c1-11-3-5-13(6-4-11)17-10-12(15-16-17)9-14-7-8-18-2/h10-11,13-14H,3-9H2,1-2H3. The Bertz CT molecular complexity index is 345. The Kier molecular flexibility index (Phi) is 5.13. The van der Waals surface area contributed by atoms with Crippen LogP contribution in [0.1, 0.15) is 44.3 Å². The maximum Gasteiger partial charge on any atom is 0.0964 e. The number of nitrogens with zero attached hydrogens (tertiary/aromatic N) is 3. The number of hydrogen-bond donors (Lipinski definition) is 1. The average Bonchev–Trinajstić information content (AvgIpc) is 2.84. The van der Waals surface area contributed by atoms with Crippen LogP contribution in [-0.4, -0.2) is 35.3 Å². The minimum absolute atomic E-state index is 0.557. The highest BCUT2D eigenvalue weighted by molar-refractivity contribution is 4.93. The van der Waals surface area contributed by atoms with Crippen LogP contribution >= 0.6 is 0 Å². The van der Waals surface area contributed by atoms with Crippen LogP contribution in [0.3, 0.4) is 0 Å². The molecule has 102 valence electrons. The lowest BCUT2D eigenvalue weighted by Gasteiger charge is -2.25. The van der Waals surface area contributed by atoms with Gasteiger partial charge in [0, 0.05) is 20.2 Å². The highest BCUT2D eigenvalue weighted by Gasteiger charge is 2.20. The molecule has 0 saturated heterocycles. The van der Waals surface area contributed by atoms with E-state index in [0.29, 0.717) is 6.04 Å². The first-order chi connectivity index (χ1) is 8.79. The van der Waals surface area contributed by atoms with Crippen LogP contribution in [0, 0.1) is 5.92 Å². The molecular weight excluding hydrogens is 228 g/mol. The van der Waals surface area contributed by atoms with Crippen LogP contribution in [0.5, 0.6) is 0 Å². The molecule has 1 aromatic rings. The molecule has 1 saturated carbocycles. The van der Waals surface area contributed by atoms with Crippen molar-refractivity contribution in [2.45, 2.75) is 45.2 Å². The molecule has 1 fully saturated rings. The van der Waals surface area contributed by atoms with Gasteiger partial charge in [-0.15, -0.1) is 5.10 Å². The Balaban J connectivity index is 1.78. The monoisotopic (exact) mass is 252 g/mol. The summed E-state index contributed by atoms with van der Waals surface area (Å²) in [5.41, 5.74) is 1.02. The maximum atomic E-state index is 4.99. The van der Waals surface area contributed by atoms with Gasteiger partial charge in [-0.2, -0.15) is 0 Å². The van der Waals surface area contributed by atoms with Crippen LogP contribution in [0.4, 0.5) is 0 Å². The molecule has 0 bridgehead atoms. The molecule has 1 N–H and O–H groups in total. The minimum atomic E-state index is 0.557. The van der Waals surface area contributed by atoms with E-state index in [1.54, 1.807) is 7.11 Å². The molecule has 0 radical (unpaired) electrons. The molecule has 1 aliphatic rings. The molecule has 0 atom stereocenters. The molecule has 1 aliphatic carbocycles. The normalized spacial score (nSPS) is 24.3. The van der Waals surface area contributed by atoms with Crippen LogP contribution < -0.4 is 5.32 Å².